The van der Waals surface area contributed by atoms with E-state index < -0.39 is 0 Å². The maximum absolute atomic E-state index is 5.84. The molecule has 26 heavy (non-hydrogen) atoms. The largest absolute Gasteiger partial charge is 0.478 e. The first kappa shape index (κ1) is 20.1. The van der Waals surface area contributed by atoms with Gasteiger partial charge < -0.3 is 14.2 Å². The highest BCUT2D eigenvalue weighted by Gasteiger charge is 2.47. The van der Waals surface area contributed by atoms with Crippen LogP contribution < -0.4 is 0 Å². The van der Waals surface area contributed by atoms with Crippen LogP contribution in [0.5, 0.6) is 0 Å². The van der Waals surface area contributed by atoms with Gasteiger partial charge in [-0.1, -0.05) is 51.9 Å². The van der Waals surface area contributed by atoms with Crippen molar-refractivity contribution in [1.29, 1.82) is 0 Å². The van der Waals surface area contributed by atoms with Crippen LogP contribution in [0.15, 0.2) is 4.99 Å². The Bertz CT molecular complexity index is 462. The molecule has 0 aromatic rings. The summed E-state index contributed by atoms with van der Waals surface area (Å²) in [6, 6.07) is 0. The Morgan fingerprint density at radius 3 is 2.08 bits per heavy atom. The van der Waals surface area contributed by atoms with Crippen molar-refractivity contribution in [2.45, 2.75) is 128 Å². The van der Waals surface area contributed by atoms with E-state index in [0.29, 0.717) is 24.4 Å². The first-order valence-corrected chi connectivity index (χ1v) is 11.1. The molecule has 0 bridgehead atoms. The molecule has 4 atom stereocenters. The van der Waals surface area contributed by atoms with Gasteiger partial charge in [-0.2, -0.15) is 0 Å². The summed E-state index contributed by atoms with van der Waals surface area (Å²) in [5, 5.41) is 0. The maximum Gasteiger partial charge on any atom is 0.183 e. The molecule has 3 aliphatic heterocycles. The van der Waals surface area contributed by atoms with E-state index in [-0.39, 0.29) is 5.54 Å². The van der Waals surface area contributed by atoms with Gasteiger partial charge in [-0.3, -0.25) is 0 Å². The lowest BCUT2D eigenvalue weighted by atomic mass is 10.0. The molecule has 2 fully saturated rings. The highest BCUT2D eigenvalue weighted by molar-refractivity contribution is 5.78. The van der Waals surface area contributed by atoms with Crippen molar-refractivity contribution in [3.63, 3.8) is 0 Å². The van der Waals surface area contributed by atoms with Crippen molar-refractivity contribution in [3.05, 3.63) is 0 Å². The summed E-state index contributed by atoms with van der Waals surface area (Å²) in [6.45, 7) is 7.27. The number of epoxide rings is 2. The van der Waals surface area contributed by atoms with Crippen LogP contribution in [0.4, 0.5) is 0 Å². The Labute approximate surface area is 160 Å². The third-order valence-electron chi connectivity index (χ3n) is 5.83. The van der Waals surface area contributed by atoms with Crippen molar-refractivity contribution in [1.82, 2.24) is 0 Å². The van der Waals surface area contributed by atoms with E-state index in [0.717, 1.165) is 25.3 Å². The quantitative estimate of drug-likeness (QED) is 0.304. The molecule has 0 spiro atoms. The number of hydrogen-bond donors (Lipinski definition) is 0. The molecule has 3 heterocycles. The van der Waals surface area contributed by atoms with Gasteiger partial charge in [0, 0.05) is 12.8 Å². The predicted octanol–water partition coefficient (Wildman–Crippen LogP) is 5.43. The second-order valence-corrected chi connectivity index (χ2v) is 9.07. The molecule has 4 nitrogen and oxygen atoms in total. The van der Waals surface area contributed by atoms with Crippen molar-refractivity contribution >= 4 is 5.90 Å². The molecule has 0 radical (unpaired) electrons. The van der Waals surface area contributed by atoms with Gasteiger partial charge in [0.2, 0.25) is 0 Å². The molecule has 4 unspecified atom stereocenters. The van der Waals surface area contributed by atoms with Gasteiger partial charge in [-0.25, -0.2) is 4.99 Å². The second kappa shape index (κ2) is 9.54. The number of ether oxygens (including phenoxy) is 3. The monoisotopic (exact) mass is 365 g/mol. The molecule has 2 saturated heterocycles. The zero-order valence-corrected chi connectivity index (χ0v) is 17.2. The highest BCUT2D eigenvalue weighted by atomic mass is 16.6. The zero-order chi connectivity index (χ0) is 18.4. The molecule has 3 rings (SSSR count). The van der Waals surface area contributed by atoms with Crippen LogP contribution in [0.1, 0.15) is 97.8 Å². The molecule has 0 amide bonds. The highest BCUT2D eigenvalue weighted by Crippen LogP contribution is 2.39. The fourth-order valence-corrected chi connectivity index (χ4v) is 4.05. The summed E-state index contributed by atoms with van der Waals surface area (Å²) in [7, 11) is 0. The fraction of sp³-hybridized carbons (Fsp3) is 0.955. The lowest BCUT2D eigenvalue weighted by Crippen LogP contribution is -2.17. The maximum atomic E-state index is 5.84. The number of aliphatic imine (C=N–C) groups is 1. The normalized spacial score (nSPS) is 31.6. The SMILES string of the molecule is CCCCCC1OC1CC1OC1CCCCCCCC1=NC(C)(C)CO1. The van der Waals surface area contributed by atoms with Gasteiger partial charge in [-0.05, 0) is 33.1 Å². The average Bonchev–Trinajstić information content (AvgIpc) is 3.49. The molecule has 150 valence electrons. The molecular weight excluding hydrogens is 326 g/mol. The number of rotatable bonds is 14. The summed E-state index contributed by atoms with van der Waals surface area (Å²) >= 11 is 0. The van der Waals surface area contributed by atoms with Crippen LogP contribution in [0.25, 0.3) is 0 Å². The van der Waals surface area contributed by atoms with Crippen LogP contribution in [-0.2, 0) is 14.2 Å². The third kappa shape index (κ3) is 6.84. The van der Waals surface area contributed by atoms with E-state index in [2.05, 4.69) is 25.8 Å². The zero-order valence-electron chi connectivity index (χ0n) is 17.2. The topological polar surface area (TPSA) is 46.7 Å². The smallest absolute Gasteiger partial charge is 0.183 e. The minimum atomic E-state index is -0.00281. The summed E-state index contributed by atoms with van der Waals surface area (Å²) in [4.78, 5) is 4.62. The molecular formula is C22H39NO3. The molecule has 0 aliphatic carbocycles. The molecule has 0 N–H and O–H groups in total. The van der Waals surface area contributed by atoms with Gasteiger partial charge in [0.05, 0.1) is 30.0 Å². The van der Waals surface area contributed by atoms with Crippen molar-refractivity contribution < 1.29 is 14.2 Å². The van der Waals surface area contributed by atoms with Crippen LogP contribution >= 0.6 is 0 Å². The summed E-state index contributed by atoms with van der Waals surface area (Å²) < 4.78 is 17.3. The average molecular weight is 366 g/mol. The van der Waals surface area contributed by atoms with Gasteiger partial charge in [0.25, 0.3) is 0 Å². The first-order valence-electron chi connectivity index (χ1n) is 11.1. The van der Waals surface area contributed by atoms with Crippen LogP contribution in [0.2, 0.25) is 0 Å². The molecule has 4 heteroatoms. The lowest BCUT2D eigenvalue weighted by molar-refractivity contribution is 0.273. The fourth-order valence-electron chi connectivity index (χ4n) is 4.05. The third-order valence-corrected chi connectivity index (χ3v) is 5.83. The van der Waals surface area contributed by atoms with Crippen molar-refractivity contribution in [3.8, 4) is 0 Å². The number of nitrogens with zero attached hydrogens (tertiary/aromatic N) is 1. The van der Waals surface area contributed by atoms with E-state index in [4.69, 9.17) is 14.2 Å². The predicted molar refractivity (Wildman–Crippen MR) is 106 cm³/mol. The Hall–Kier alpha value is -0.610. The van der Waals surface area contributed by atoms with E-state index in [1.54, 1.807) is 0 Å². The molecule has 0 saturated carbocycles. The van der Waals surface area contributed by atoms with Crippen LogP contribution in [0, 0.1) is 0 Å². The summed E-state index contributed by atoms with van der Waals surface area (Å²) in [6.07, 6.45) is 17.1. The minimum absolute atomic E-state index is 0.00281. The van der Waals surface area contributed by atoms with E-state index in [1.807, 2.05) is 0 Å². The van der Waals surface area contributed by atoms with E-state index >= 15 is 0 Å². The van der Waals surface area contributed by atoms with Gasteiger partial charge in [0.1, 0.15) is 6.61 Å². The summed E-state index contributed by atoms with van der Waals surface area (Å²) in [5.41, 5.74) is -0.00281. The Kier molecular flexibility index (Phi) is 7.39. The second-order valence-electron chi connectivity index (χ2n) is 9.07. The first-order chi connectivity index (χ1) is 12.6. The van der Waals surface area contributed by atoms with E-state index in [9.17, 15) is 0 Å². The Morgan fingerprint density at radius 2 is 1.46 bits per heavy atom. The van der Waals surface area contributed by atoms with Gasteiger partial charge in [0.15, 0.2) is 5.90 Å². The van der Waals surface area contributed by atoms with Gasteiger partial charge >= 0.3 is 0 Å². The Morgan fingerprint density at radius 1 is 0.846 bits per heavy atom. The number of unbranched alkanes of at least 4 members (excludes halogenated alkanes) is 6. The van der Waals surface area contributed by atoms with Crippen molar-refractivity contribution in [2.24, 2.45) is 4.99 Å². The minimum Gasteiger partial charge on any atom is -0.478 e. The molecule has 3 aliphatic rings. The van der Waals surface area contributed by atoms with Crippen molar-refractivity contribution in [2.75, 3.05) is 6.61 Å². The van der Waals surface area contributed by atoms with Crippen LogP contribution in [0.3, 0.4) is 0 Å². The number of hydrogen-bond acceptors (Lipinski definition) is 4. The summed E-state index contributed by atoms with van der Waals surface area (Å²) in [5.74, 6) is 0.972. The molecule has 0 aromatic heterocycles. The van der Waals surface area contributed by atoms with Gasteiger partial charge in [-0.15, -0.1) is 0 Å². The molecule has 0 aromatic carbocycles. The standard InChI is InChI=1S/C22H39NO3/c1-4-5-9-12-17-19(25-17)15-20-18(26-20)13-10-7-6-8-11-14-21-23-22(2,3)16-24-21/h17-20H,4-16H2,1-3H3. The lowest BCUT2D eigenvalue weighted by Gasteiger charge is -2.07. The van der Waals surface area contributed by atoms with E-state index in [1.165, 1.54) is 64.2 Å². The van der Waals surface area contributed by atoms with Crippen LogP contribution in [-0.4, -0.2) is 42.5 Å². The Balaban J connectivity index is 1.11.